The molecule has 1 aromatic rings. The van der Waals surface area contributed by atoms with Crippen molar-refractivity contribution in [2.24, 2.45) is 5.73 Å². The largest absolute Gasteiger partial charge is 0.389 e. The summed E-state index contributed by atoms with van der Waals surface area (Å²) in [5.41, 5.74) is 7.27. The number of carbonyl (C=O) groups is 1. The number of nitrogens with two attached hydrogens (primary N) is 1. The summed E-state index contributed by atoms with van der Waals surface area (Å²) in [6.45, 7) is 2.55. The molecule has 0 saturated heterocycles. The maximum Gasteiger partial charge on any atom is 0.224 e. The second kappa shape index (κ2) is 7.86. The minimum Gasteiger partial charge on any atom is -0.389 e. The molecule has 5 heteroatoms. The van der Waals surface area contributed by atoms with Crippen LogP contribution in [0.5, 0.6) is 0 Å². The van der Waals surface area contributed by atoms with Gasteiger partial charge < -0.3 is 15.8 Å². The van der Waals surface area contributed by atoms with Gasteiger partial charge in [-0.1, -0.05) is 43.4 Å². The molecule has 0 fully saturated rings. The third-order valence-electron chi connectivity index (χ3n) is 2.83. The van der Waals surface area contributed by atoms with Crippen LogP contribution in [0.25, 0.3) is 0 Å². The third kappa shape index (κ3) is 5.36. The fraction of sp³-hybridized carbons (Fsp3) is 0.429. The quantitative estimate of drug-likeness (QED) is 0.741. The topological polar surface area (TPSA) is 64.3 Å². The van der Waals surface area contributed by atoms with E-state index in [1.807, 2.05) is 31.2 Å². The van der Waals surface area contributed by atoms with Crippen LogP contribution >= 0.6 is 12.2 Å². The number of rotatable bonds is 7. The molecule has 0 bridgehead atoms. The van der Waals surface area contributed by atoms with Crippen molar-refractivity contribution < 1.29 is 9.53 Å². The number of methoxy groups -OCH3 is 1. The molecule has 19 heavy (non-hydrogen) atoms. The number of ether oxygens (including phenoxy) is 1. The van der Waals surface area contributed by atoms with E-state index in [0.717, 1.165) is 17.5 Å². The molecule has 1 amide bonds. The Morgan fingerprint density at radius 3 is 2.53 bits per heavy atom. The van der Waals surface area contributed by atoms with Crippen LogP contribution in [0.1, 0.15) is 24.5 Å². The van der Waals surface area contributed by atoms with Crippen molar-refractivity contribution in [1.29, 1.82) is 0 Å². The van der Waals surface area contributed by atoms with Crippen LogP contribution < -0.4 is 11.1 Å². The normalized spacial score (nSPS) is 11.9. The van der Waals surface area contributed by atoms with E-state index < -0.39 is 0 Å². The lowest BCUT2D eigenvalue weighted by Crippen LogP contribution is -2.38. The zero-order chi connectivity index (χ0) is 14.3. The first-order valence-electron chi connectivity index (χ1n) is 6.23. The minimum atomic E-state index is -0.00743. The van der Waals surface area contributed by atoms with Gasteiger partial charge in [-0.05, 0) is 12.0 Å². The summed E-state index contributed by atoms with van der Waals surface area (Å²) in [6.07, 6.45) is 1.19. The number of benzene rings is 1. The molecule has 0 spiro atoms. The molecule has 1 aromatic carbocycles. The maximum atomic E-state index is 11.9. The number of nitrogens with one attached hydrogen (secondary N) is 1. The van der Waals surface area contributed by atoms with Gasteiger partial charge in [0.05, 0.1) is 19.1 Å². The van der Waals surface area contributed by atoms with Crippen molar-refractivity contribution in [2.45, 2.75) is 25.8 Å². The number of hydrogen-bond acceptors (Lipinski definition) is 3. The molecule has 0 aliphatic rings. The first-order valence-corrected chi connectivity index (χ1v) is 6.64. The van der Waals surface area contributed by atoms with Crippen molar-refractivity contribution in [3.8, 4) is 0 Å². The van der Waals surface area contributed by atoms with E-state index in [4.69, 9.17) is 22.7 Å². The number of carbonyl (C=O) groups excluding carboxylic acids is 1. The lowest BCUT2D eigenvalue weighted by atomic mass is 10.1. The summed E-state index contributed by atoms with van der Waals surface area (Å²) in [4.78, 5) is 12.2. The SMILES string of the molecule is CCC(COC)NC(=O)Cc1ccc(C(N)=S)cc1. The number of thiocarbonyl (C=S) groups is 1. The Hall–Kier alpha value is -1.46. The van der Waals surface area contributed by atoms with Crippen LogP contribution in [0.4, 0.5) is 0 Å². The van der Waals surface area contributed by atoms with Crippen molar-refractivity contribution in [1.82, 2.24) is 5.32 Å². The Balaban J connectivity index is 2.54. The molecular weight excluding hydrogens is 260 g/mol. The lowest BCUT2D eigenvalue weighted by molar-refractivity contribution is -0.121. The van der Waals surface area contributed by atoms with E-state index in [2.05, 4.69) is 5.32 Å². The molecule has 0 saturated carbocycles. The molecule has 0 heterocycles. The van der Waals surface area contributed by atoms with Gasteiger partial charge in [0.15, 0.2) is 0 Å². The summed E-state index contributed by atoms with van der Waals surface area (Å²) in [7, 11) is 1.63. The van der Waals surface area contributed by atoms with Crippen molar-refractivity contribution in [2.75, 3.05) is 13.7 Å². The second-order valence-corrected chi connectivity index (χ2v) is 4.81. The van der Waals surface area contributed by atoms with Crippen LogP contribution in [0.3, 0.4) is 0 Å². The van der Waals surface area contributed by atoms with Gasteiger partial charge in [0.2, 0.25) is 5.91 Å². The van der Waals surface area contributed by atoms with Gasteiger partial charge >= 0.3 is 0 Å². The molecule has 0 aliphatic heterocycles. The molecule has 4 nitrogen and oxygen atoms in total. The zero-order valence-corrected chi connectivity index (χ0v) is 12.1. The van der Waals surface area contributed by atoms with Gasteiger partial charge in [-0.3, -0.25) is 4.79 Å². The van der Waals surface area contributed by atoms with E-state index in [1.54, 1.807) is 7.11 Å². The van der Waals surface area contributed by atoms with E-state index in [0.29, 0.717) is 18.0 Å². The van der Waals surface area contributed by atoms with E-state index >= 15 is 0 Å². The fourth-order valence-corrected chi connectivity index (χ4v) is 1.85. The Morgan fingerprint density at radius 1 is 1.42 bits per heavy atom. The van der Waals surface area contributed by atoms with Gasteiger partial charge in [-0.2, -0.15) is 0 Å². The van der Waals surface area contributed by atoms with Gasteiger partial charge in [-0.15, -0.1) is 0 Å². The summed E-state index contributed by atoms with van der Waals surface area (Å²) in [6, 6.07) is 7.46. The van der Waals surface area contributed by atoms with Crippen molar-refractivity contribution >= 4 is 23.1 Å². The molecule has 104 valence electrons. The van der Waals surface area contributed by atoms with Crippen LogP contribution in [0.15, 0.2) is 24.3 Å². The monoisotopic (exact) mass is 280 g/mol. The molecule has 3 N–H and O–H groups in total. The molecule has 1 unspecified atom stereocenters. The first kappa shape index (κ1) is 15.6. The Labute approximate surface area is 119 Å². The van der Waals surface area contributed by atoms with Crippen LogP contribution in [-0.4, -0.2) is 30.7 Å². The summed E-state index contributed by atoms with van der Waals surface area (Å²) in [5, 5.41) is 2.94. The molecule has 1 atom stereocenters. The zero-order valence-electron chi connectivity index (χ0n) is 11.3. The molecule has 0 radical (unpaired) electrons. The fourth-order valence-electron chi connectivity index (χ4n) is 1.71. The van der Waals surface area contributed by atoms with Crippen LogP contribution in [0, 0.1) is 0 Å². The minimum absolute atomic E-state index is 0.00743. The highest BCUT2D eigenvalue weighted by Crippen LogP contribution is 2.05. The molecule has 1 rings (SSSR count). The maximum absolute atomic E-state index is 11.9. The highest BCUT2D eigenvalue weighted by molar-refractivity contribution is 7.80. The van der Waals surface area contributed by atoms with E-state index in [9.17, 15) is 4.79 Å². The first-order chi connectivity index (χ1) is 9.06. The van der Waals surface area contributed by atoms with Crippen molar-refractivity contribution in [3.05, 3.63) is 35.4 Å². The predicted octanol–water partition coefficient (Wildman–Crippen LogP) is 1.40. The standard InChI is InChI=1S/C14H20N2O2S/c1-3-12(9-18-2)16-13(17)8-10-4-6-11(7-5-10)14(15)19/h4-7,12H,3,8-9H2,1-2H3,(H2,15,19)(H,16,17). The Kier molecular flexibility index (Phi) is 6.45. The van der Waals surface area contributed by atoms with Gasteiger partial charge in [0.25, 0.3) is 0 Å². The highest BCUT2D eigenvalue weighted by atomic mass is 32.1. The second-order valence-electron chi connectivity index (χ2n) is 4.37. The number of amides is 1. The average molecular weight is 280 g/mol. The highest BCUT2D eigenvalue weighted by Gasteiger charge is 2.10. The van der Waals surface area contributed by atoms with Gasteiger partial charge in [0, 0.05) is 12.7 Å². The van der Waals surface area contributed by atoms with Crippen LogP contribution in [-0.2, 0) is 16.0 Å². The summed E-state index contributed by atoms with van der Waals surface area (Å²) < 4.78 is 5.05. The molecule has 0 aromatic heterocycles. The van der Waals surface area contributed by atoms with Crippen molar-refractivity contribution in [3.63, 3.8) is 0 Å². The molecular formula is C14H20N2O2S. The van der Waals surface area contributed by atoms with Crippen LogP contribution in [0.2, 0.25) is 0 Å². The van der Waals surface area contributed by atoms with Gasteiger partial charge in [0.1, 0.15) is 4.99 Å². The summed E-state index contributed by atoms with van der Waals surface area (Å²) in [5.74, 6) is -0.00743. The summed E-state index contributed by atoms with van der Waals surface area (Å²) >= 11 is 4.88. The Bertz CT molecular complexity index is 432. The smallest absolute Gasteiger partial charge is 0.224 e. The van der Waals surface area contributed by atoms with E-state index in [-0.39, 0.29) is 11.9 Å². The number of hydrogen-bond donors (Lipinski definition) is 2. The third-order valence-corrected chi connectivity index (χ3v) is 3.06. The average Bonchev–Trinajstić information content (AvgIpc) is 2.38. The van der Waals surface area contributed by atoms with Gasteiger partial charge in [-0.25, -0.2) is 0 Å². The predicted molar refractivity (Wildman–Crippen MR) is 80.1 cm³/mol. The van der Waals surface area contributed by atoms with E-state index in [1.165, 1.54) is 0 Å². The molecule has 0 aliphatic carbocycles. The lowest BCUT2D eigenvalue weighted by Gasteiger charge is -2.15. The Morgan fingerprint density at radius 2 is 2.05 bits per heavy atom.